The summed E-state index contributed by atoms with van der Waals surface area (Å²) in [7, 11) is 1.59. The van der Waals surface area contributed by atoms with Gasteiger partial charge in [0.25, 0.3) is 5.69 Å². The van der Waals surface area contributed by atoms with Gasteiger partial charge in [-0.05, 0) is 24.3 Å². The maximum Gasteiger partial charge on any atom is 0.270 e. The fourth-order valence-corrected chi connectivity index (χ4v) is 3.09. The third-order valence-electron chi connectivity index (χ3n) is 3.68. The van der Waals surface area contributed by atoms with E-state index in [1.165, 1.54) is 23.5 Å². The van der Waals surface area contributed by atoms with Crippen LogP contribution in [0.15, 0.2) is 60.1 Å². The van der Waals surface area contributed by atoms with Crippen LogP contribution in [-0.2, 0) is 0 Å². The minimum atomic E-state index is -0.448. The molecule has 27 heavy (non-hydrogen) atoms. The highest BCUT2D eigenvalue weighted by Crippen LogP contribution is 2.28. The van der Waals surface area contributed by atoms with Gasteiger partial charge in [0.1, 0.15) is 22.4 Å². The number of nitrogens with one attached hydrogen (secondary N) is 1. The standard InChI is InChI=1S/C19H14N4O3S/c1-26-17-7-5-15(6-8-17)21-11-14(10-20)19-22-18(12-27-19)13-3-2-4-16(9-13)23(24)25/h2-9,11-12,21H,1H3. The number of nitrogens with zero attached hydrogens (tertiary/aromatic N) is 3. The fourth-order valence-electron chi connectivity index (χ4n) is 2.29. The number of allylic oxidation sites excluding steroid dienone is 1. The predicted octanol–water partition coefficient (Wildman–Crippen LogP) is 4.70. The van der Waals surface area contributed by atoms with Crippen LogP contribution < -0.4 is 10.1 Å². The van der Waals surface area contributed by atoms with Crippen LogP contribution in [0.25, 0.3) is 16.8 Å². The highest BCUT2D eigenvalue weighted by atomic mass is 32.1. The third-order valence-corrected chi connectivity index (χ3v) is 4.56. The summed E-state index contributed by atoms with van der Waals surface area (Å²) in [6, 6.07) is 15.7. The second kappa shape index (κ2) is 8.12. The molecule has 134 valence electrons. The zero-order chi connectivity index (χ0) is 19.2. The van der Waals surface area contributed by atoms with Crippen LogP contribution in [0, 0.1) is 21.4 Å². The number of nitro groups is 1. The number of hydrogen-bond acceptors (Lipinski definition) is 7. The van der Waals surface area contributed by atoms with E-state index in [-0.39, 0.29) is 5.69 Å². The molecule has 0 radical (unpaired) electrons. The van der Waals surface area contributed by atoms with Crippen molar-refractivity contribution in [1.82, 2.24) is 4.98 Å². The van der Waals surface area contributed by atoms with Gasteiger partial charge in [-0.15, -0.1) is 11.3 Å². The van der Waals surface area contributed by atoms with E-state index in [9.17, 15) is 15.4 Å². The number of nitro benzene ring substituents is 1. The smallest absolute Gasteiger partial charge is 0.270 e. The summed E-state index contributed by atoms with van der Waals surface area (Å²) in [6.45, 7) is 0. The van der Waals surface area contributed by atoms with E-state index >= 15 is 0 Å². The molecule has 0 aliphatic rings. The predicted molar refractivity (Wildman–Crippen MR) is 104 cm³/mol. The quantitative estimate of drug-likeness (QED) is 0.379. The molecule has 1 aromatic heterocycles. The van der Waals surface area contributed by atoms with E-state index in [1.54, 1.807) is 30.8 Å². The molecule has 0 atom stereocenters. The van der Waals surface area contributed by atoms with Crippen molar-refractivity contribution in [2.24, 2.45) is 0 Å². The van der Waals surface area contributed by atoms with Gasteiger partial charge in [0.2, 0.25) is 0 Å². The third kappa shape index (κ3) is 4.29. The molecule has 1 N–H and O–H groups in total. The molecule has 0 aliphatic carbocycles. The van der Waals surface area contributed by atoms with Crippen LogP contribution in [0.5, 0.6) is 5.75 Å². The molecule has 7 nitrogen and oxygen atoms in total. The van der Waals surface area contributed by atoms with Crippen LogP contribution in [0.4, 0.5) is 11.4 Å². The number of hydrogen-bond donors (Lipinski definition) is 1. The van der Waals surface area contributed by atoms with Crippen LogP contribution >= 0.6 is 11.3 Å². The van der Waals surface area contributed by atoms with Gasteiger partial charge in [0.05, 0.1) is 17.7 Å². The molecule has 0 saturated carbocycles. The van der Waals surface area contributed by atoms with Crippen LogP contribution in [0.1, 0.15) is 5.01 Å². The van der Waals surface area contributed by atoms with Gasteiger partial charge in [0, 0.05) is 35.0 Å². The molecule has 0 saturated heterocycles. The number of benzene rings is 2. The van der Waals surface area contributed by atoms with Crippen molar-refractivity contribution in [3.8, 4) is 23.1 Å². The van der Waals surface area contributed by atoms with E-state index in [0.29, 0.717) is 21.8 Å². The second-order valence-corrected chi connectivity index (χ2v) is 6.25. The Hall–Kier alpha value is -3.70. The van der Waals surface area contributed by atoms with Gasteiger partial charge in [-0.1, -0.05) is 12.1 Å². The molecule has 0 fully saturated rings. The van der Waals surface area contributed by atoms with E-state index in [4.69, 9.17) is 4.74 Å². The topological polar surface area (TPSA) is 101 Å². The van der Waals surface area contributed by atoms with Gasteiger partial charge < -0.3 is 10.1 Å². The van der Waals surface area contributed by atoms with Crippen molar-refractivity contribution < 1.29 is 9.66 Å². The number of aromatic nitrogens is 1. The van der Waals surface area contributed by atoms with Gasteiger partial charge in [-0.25, -0.2) is 4.98 Å². The van der Waals surface area contributed by atoms with Gasteiger partial charge in [0.15, 0.2) is 0 Å². The molecular formula is C19H14N4O3S. The first kappa shape index (κ1) is 18.1. The lowest BCUT2D eigenvalue weighted by molar-refractivity contribution is -0.384. The highest BCUT2D eigenvalue weighted by molar-refractivity contribution is 7.11. The number of ether oxygens (including phenoxy) is 1. The number of nitriles is 1. The fraction of sp³-hybridized carbons (Fsp3) is 0.0526. The summed E-state index contributed by atoms with van der Waals surface area (Å²) in [5, 5.41) is 25.7. The maximum absolute atomic E-state index is 10.9. The molecule has 8 heteroatoms. The summed E-state index contributed by atoms with van der Waals surface area (Å²) >= 11 is 1.30. The zero-order valence-electron chi connectivity index (χ0n) is 14.2. The maximum atomic E-state index is 10.9. The summed E-state index contributed by atoms with van der Waals surface area (Å²) in [4.78, 5) is 14.9. The van der Waals surface area contributed by atoms with Crippen molar-refractivity contribution in [2.75, 3.05) is 12.4 Å². The first-order chi connectivity index (χ1) is 13.1. The first-order valence-corrected chi connectivity index (χ1v) is 8.70. The Morgan fingerprint density at radius 2 is 2.11 bits per heavy atom. The molecule has 0 bridgehead atoms. The average molecular weight is 378 g/mol. The normalized spacial score (nSPS) is 10.9. The summed E-state index contributed by atoms with van der Waals surface area (Å²) in [5.41, 5.74) is 2.39. The molecule has 2 aromatic carbocycles. The molecule has 3 aromatic rings. The number of thiazole rings is 1. The van der Waals surface area contributed by atoms with E-state index in [2.05, 4.69) is 16.4 Å². The van der Waals surface area contributed by atoms with E-state index in [0.717, 1.165) is 11.4 Å². The number of methoxy groups -OCH3 is 1. The molecule has 0 spiro atoms. The Labute approximate surface area is 159 Å². The Bertz CT molecular complexity index is 1040. The second-order valence-electron chi connectivity index (χ2n) is 5.39. The summed E-state index contributed by atoms with van der Waals surface area (Å²) in [6.07, 6.45) is 1.58. The summed E-state index contributed by atoms with van der Waals surface area (Å²) < 4.78 is 5.11. The molecule has 0 amide bonds. The van der Waals surface area contributed by atoms with Crippen LogP contribution in [-0.4, -0.2) is 17.0 Å². The number of non-ortho nitro benzene ring substituents is 1. The van der Waals surface area contributed by atoms with Crippen molar-refractivity contribution in [3.05, 3.63) is 75.2 Å². The van der Waals surface area contributed by atoms with Gasteiger partial charge >= 0.3 is 0 Å². The van der Waals surface area contributed by atoms with Crippen molar-refractivity contribution in [1.29, 1.82) is 5.26 Å². The number of anilines is 1. The number of rotatable bonds is 6. The molecule has 1 heterocycles. The highest BCUT2D eigenvalue weighted by Gasteiger charge is 2.12. The minimum Gasteiger partial charge on any atom is -0.497 e. The minimum absolute atomic E-state index is 0.000675. The summed E-state index contributed by atoms with van der Waals surface area (Å²) in [5.74, 6) is 0.742. The Morgan fingerprint density at radius 3 is 2.78 bits per heavy atom. The Balaban J connectivity index is 1.81. The monoisotopic (exact) mass is 378 g/mol. The van der Waals surface area contributed by atoms with E-state index in [1.807, 2.05) is 24.3 Å². The lowest BCUT2D eigenvalue weighted by atomic mass is 10.1. The van der Waals surface area contributed by atoms with Crippen molar-refractivity contribution in [3.63, 3.8) is 0 Å². The lowest BCUT2D eigenvalue weighted by Gasteiger charge is -2.03. The molecule has 0 unspecified atom stereocenters. The zero-order valence-corrected chi connectivity index (χ0v) is 15.1. The largest absolute Gasteiger partial charge is 0.497 e. The van der Waals surface area contributed by atoms with Crippen LogP contribution in [0.3, 0.4) is 0 Å². The Morgan fingerprint density at radius 1 is 1.33 bits per heavy atom. The van der Waals surface area contributed by atoms with Crippen molar-refractivity contribution >= 4 is 28.3 Å². The molecular weight excluding hydrogens is 364 g/mol. The van der Waals surface area contributed by atoms with Gasteiger partial charge in [-0.3, -0.25) is 10.1 Å². The average Bonchev–Trinajstić information content (AvgIpc) is 3.19. The van der Waals surface area contributed by atoms with Gasteiger partial charge in [-0.2, -0.15) is 5.26 Å². The van der Waals surface area contributed by atoms with Crippen molar-refractivity contribution in [2.45, 2.75) is 0 Å². The van der Waals surface area contributed by atoms with Crippen LogP contribution in [0.2, 0.25) is 0 Å². The molecule has 0 aliphatic heterocycles. The lowest BCUT2D eigenvalue weighted by Crippen LogP contribution is -1.92. The first-order valence-electron chi connectivity index (χ1n) is 7.82. The van der Waals surface area contributed by atoms with E-state index < -0.39 is 4.92 Å². The SMILES string of the molecule is COc1ccc(NC=C(C#N)c2nc(-c3cccc([N+](=O)[O-])c3)cs2)cc1. The Kier molecular flexibility index (Phi) is 5.44. The molecule has 3 rings (SSSR count).